The molecule has 2 aromatic carbocycles. The standard InChI is InChI=1S/C28H35N3O5S/c1-19(2)14-26-31(27(32)21-5-7-22(34-3)8-6-21)23(17-37-26)28(33)30-12-10-29(11-13-30)16-20-4-9-24-25(15-20)36-18-35-24/h4-9,15,19,23,26H,10-14,16-18H2,1-3H3. The summed E-state index contributed by atoms with van der Waals surface area (Å²) in [5, 5.41) is -0.00384. The van der Waals surface area contributed by atoms with Crippen LogP contribution in [0.4, 0.5) is 0 Å². The molecule has 2 amide bonds. The molecule has 0 bridgehead atoms. The molecule has 2 unspecified atom stereocenters. The number of fused-ring (bicyclic) bond motifs is 1. The summed E-state index contributed by atoms with van der Waals surface area (Å²) in [5.41, 5.74) is 1.76. The van der Waals surface area contributed by atoms with Crippen LogP contribution in [-0.4, -0.2) is 83.8 Å². The van der Waals surface area contributed by atoms with Gasteiger partial charge in [0.05, 0.1) is 12.5 Å². The molecule has 2 saturated heterocycles. The number of amides is 2. The van der Waals surface area contributed by atoms with Crippen molar-refractivity contribution in [3.8, 4) is 17.2 Å². The molecule has 0 aliphatic carbocycles. The highest BCUT2D eigenvalue weighted by atomic mass is 32.2. The Balaban J connectivity index is 1.23. The number of carbonyl (C=O) groups excluding carboxylic acids is 2. The van der Waals surface area contributed by atoms with E-state index in [0.717, 1.165) is 37.6 Å². The Hall–Kier alpha value is -2.91. The van der Waals surface area contributed by atoms with Crippen molar-refractivity contribution in [1.29, 1.82) is 0 Å². The highest BCUT2D eigenvalue weighted by Crippen LogP contribution is 2.36. The number of hydrogen-bond donors (Lipinski definition) is 0. The van der Waals surface area contributed by atoms with Crippen molar-refractivity contribution >= 4 is 23.6 Å². The van der Waals surface area contributed by atoms with Crippen LogP contribution in [0.3, 0.4) is 0 Å². The van der Waals surface area contributed by atoms with Crippen LogP contribution in [0.15, 0.2) is 42.5 Å². The average Bonchev–Trinajstić information content (AvgIpc) is 3.55. The number of nitrogens with zero attached hydrogens (tertiary/aromatic N) is 3. The SMILES string of the molecule is COc1ccc(C(=O)N2C(CC(C)C)SCC2C(=O)N2CCN(Cc3ccc4c(c3)OCO4)CC2)cc1. The fraction of sp³-hybridized carbons (Fsp3) is 0.500. The molecule has 3 aliphatic rings. The predicted octanol–water partition coefficient (Wildman–Crippen LogP) is 3.70. The van der Waals surface area contributed by atoms with E-state index in [9.17, 15) is 9.59 Å². The van der Waals surface area contributed by atoms with Gasteiger partial charge < -0.3 is 24.0 Å². The zero-order chi connectivity index (χ0) is 25.9. The quantitative estimate of drug-likeness (QED) is 0.546. The Morgan fingerprint density at radius 3 is 2.46 bits per heavy atom. The highest BCUT2D eigenvalue weighted by Gasteiger charge is 2.43. The number of thioether (sulfide) groups is 1. The largest absolute Gasteiger partial charge is 0.497 e. The van der Waals surface area contributed by atoms with E-state index in [2.05, 4.69) is 24.8 Å². The fourth-order valence-corrected chi connectivity index (χ4v) is 6.76. The number of ether oxygens (including phenoxy) is 3. The monoisotopic (exact) mass is 525 g/mol. The number of carbonyl (C=O) groups is 2. The van der Waals surface area contributed by atoms with Crippen molar-refractivity contribution in [2.75, 3.05) is 45.8 Å². The van der Waals surface area contributed by atoms with Crippen molar-refractivity contribution in [2.45, 2.75) is 38.2 Å². The lowest BCUT2D eigenvalue weighted by Gasteiger charge is -2.38. The van der Waals surface area contributed by atoms with Crippen molar-refractivity contribution in [2.24, 2.45) is 5.92 Å². The Kier molecular flexibility index (Phi) is 7.81. The van der Waals surface area contributed by atoms with Gasteiger partial charge in [-0.05, 0) is 54.3 Å². The van der Waals surface area contributed by atoms with Crippen LogP contribution in [0.1, 0.15) is 36.2 Å². The molecule has 37 heavy (non-hydrogen) atoms. The minimum Gasteiger partial charge on any atom is -0.497 e. The molecule has 8 nitrogen and oxygen atoms in total. The Morgan fingerprint density at radius 2 is 1.76 bits per heavy atom. The summed E-state index contributed by atoms with van der Waals surface area (Å²) in [4.78, 5) is 33.5. The van der Waals surface area contributed by atoms with Crippen LogP contribution in [0, 0.1) is 5.92 Å². The third-order valence-electron chi connectivity index (χ3n) is 7.15. The van der Waals surface area contributed by atoms with Crippen molar-refractivity contribution in [3.05, 3.63) is 53.6 Å². The Morgan fingerprint density at radius 1 is 1.03 bits per heavy atom. The van der Waals surface area contributed by atoms with E-state index in [1.165, 1.54) is 5.56 Å². The normalized spacial score (nSPS) is 21.5. The van der Waals surface area contributed by atoms with Crippen LogP contribution in [-0.2, 0) is 11.3 Å². The molecule has 2 fully saturated rings. The molecular weight excluding hydrogens is 490 g/mol. The van der Waals surface area contributed by atoms with Crippen molar-refractivity contribution in [1.82, 2.24) is 14.7 Å². The molecule has 198 valence electrons. The van der Waals surface area contributed by atoms with Crippen LogP contribution < -0.4 is 14.2 Å². The van der Waals surface area contributed by atoms with E-state index in [1.807, 2.05) is 21.9 Å². The summed E-state index contributed by atoms with van der Waals surface area (Å²) in [6.07, 6.45) is 0.861. The molecule has 0 N–H and O–H groups in total. The minimum absolute atomic E-state index is 0.00384. The van der Waals surface area contributed by atoms with Crippen LogP contribution in [0.5, 0.6) is 17.2 Å². The lowest BCUT2D eigenvalue weighted by atomic mass is 10.1. The molecule has 0 spiro atoms. The molecule has 0 radical (unpaired) electrons. The van der Waals surface area contributed by atoms with Gasteiger partial charge >= 0.3 is 0 Å². The number of benzene rings is 2. The molecule has 2 aromatic rings. The maximum atomic E-state index is 13.7. The van der Waals surface area contributed by atoms with E-state index < -0.39 is 6.04 Å². The number of hydrogen-bond acceptors (Lipinski definition) is 7. The van der Waals surface area contributed by atoms with Crippen molar-refractivity contribution in [3.63, 3.8) is 0 Å². The molecule has 3 heterocycles. The van der Waals surface area contributed by atoms with Gasteiger partial charge in [-0.2, -0.15) is 0 Å². The van der Waals surface area contributed by atoms with Gasteiger partial charge in [0, 0.05) is 44.0 Å². The molecule has 0 saturated carbocycles. The summed E-state index contributed by atoms with van der Waals surface area (Å²) in [7, 11) is 1.61. The van der Waals surface area contributed by atoms with Gasteiger partial charge in [-0.3, -0.25) is 14.5 Å². The smallest absolute Gasteiger partial charge is 0.255 e. The van der Waals surface area contributed by atoms with Gasteiger partial charge in [0.2, 0.25) is 12.7 Å². The van der Waals surface area contributed by atoms with Gasteiger partial charge in [-0.15, -0.1) is 11.8 Å². The lowest BCUT2D eigenvalue weighted by Crippen LogP contribution is -2.56. The van der Waals surface area contributed by atoms with E-state index in [4.69, 9.17) is 14.2 Å². The first kappa shape index (κ1) is 25.7. The average molecular weight is 526 g/mol. The second kappa shape index (κ2) is 11.2. The van der Waals surface area contributed by atoms with E-state index in [-0.39, 0.29) is 24.0 Å². The first-order valence-electron chi connectivity index (χ1n) is 12.9. The van der Waals surface area contributed by atoms with Gasteiger partial charge in [0.1, 0.15) is 11.8 Å². The summed E-state index contributed by atoms with van der Waals surface area (Å²) >= 11 is 1.72. The van der Waals surface area contributed by atoms with E-state index in [0.29, 0.717) is 36.1 Å². The Bertz CT molecular complexity index is 1120. The summed E-state index contributed by atoms with van der Waals surface area (Å²) in [5.74, 6) is 3.33. The molecule has 9 heteroatoms. The first-order chi connectivity index (χ1) is 17.9. The predicted molar refractivity (Wildman–Crippen MR) is 143 cm³/mol. The zero-order valence-electron chi connectivity index (χ0n) is 21.7. The number of methoxy groups -OCH3 is 1. The van der Waals surface area contributed by atoms with Gasteiger partial charge in [-0.25, -0.2) is 0 Å². The maximum Gasteiger partial charge on any atom is 0.255 e. The van der Waals surface area contributed by atoms with E-state index in [1.54, 1.807) is 43.1 Å². The zero-order valence-corrected chi connectivity index (χ0v) is 22.5. The fourth-order valence-electron chi connectivity index (χ4n) is 5.13. The van der Waals surface area contributed by atoms with E-state index >= 15 is 0 Å². The number of rotatable bonds is 7. The molecule has 0 aromatic heterocycles. The second-order valence-corrected chi connectivity index (χ2v) is 11.4. The Labute approximate surface area is 222 Å². The van der Waals surface area contributed by atoms with Gasteiger partial charge in [-0.1, -0.05) is 19.9 Å². The van der Waals surface area contributed by atoms with Crippen LogP contribution in [0.25, 0.3) is 0 Å². The molecule has 3 aliphatic heterocycles. The third kappa shape index (κ3) is 5.67. The summed E-state index contributed by atoms with van der Waals surface area (Å²) in [6.45, 7) is 8.29. The summed E-state index contributed by atoms with van der Waals surface area (Å²) in [6, 6.07) is 12.8. The maximum absolute atomic E-state index is 13.7. The van der Waals surface area contributed by atoms with Crippen molar-refractivity contribution < 1.29 is 23.8 Å². The first-order valence-corrected chi connectivity index (χ1v) is 14.0. The topological polar surface area (TPSA) is 71.6 Å². The van der Waals surface area contributed by atoms with Gasteiger partial charge in [0.15, 0.2) is 11.5 Å². The molecule has 2 atom stereocenters. The molecular formula is C28H35N3O5S. The molecule has 5 rings (SSSR count). The van der Waals surface area contributed by atoms with Gasteiger partial charge in [0.25, 0.3) is 5.91 Å². The second-order valence-electron chi connectivity index (χ2n) is 10.2. The highest BCUT2D eigenvalue weighted by molar-refractivity contribution is 8.00. The minimum atomic E-state index is -0.441. The summed E-state index contributed by atoms with van der Waals surface area (Å²) < 4.78 is 16.2. The third-order valence-corrected chi connectivity index (χ3v) is 8.46. The van der Waals surface area contributed by atoms with Crippen LogP contribution in [0.2, 0.25) is 0 Å². The number of piperazine rings is 1. The van der Waals surface area contributed by atoms with Crippen LogP contribution >= 0.6 is 11.8 Å². The lowest BCUT2D eigenvalue weighted by molar-refractivity contribution is -0.137.